The van der Waals surface area contributed by atoms with Crippen LogP contribution in [0.25, 0.3) is 5.52 Å². The van der Waals surface area contributed by atoms with Gasteiger partial charge >= 0.3 is 5.97 Å². The van der Waals surface area contributed by atoms with Crippen LogP contribution in [0.3, 0.4) is 0 Å². The van der Waals surface area contributed by atoms with E-state index < -0.39 is 17.9 Å². The van der Waals surface area contributed by atoms with Gasteiger partial charge in [-0.25, -0.2) is 9.31 Å². The predicted molar refractivity (Wildman–Crippen MR) is 71.3 cm³/mol. The Bertz CT molecular complexity index is 637. The third-order valence-electron chi connectivity index (χ3n) is 3.34. The standard InChI is InChI=1S/C13H16N4O3/c1-3-8(2)11(13(19)20)16-12(18)9-6-15-17-5-4-14-7-10(9)17/h4-8,11H,3H2,1-2H3,(H,16,18)(H,19,20)/t8-,11-/m0/s1. The molecule has 2 aromatic heterocycles. The molecule has 106 valence electrons. The van der Waals surface area contributed by atoms with Crippen molar-refractivity contribution in [2.75, 3.05) is 0 Å². The molecule has 0 unspecified atom stereocenters. The van der Waals surface area contributed by atoms with E-state index in [1.165, 1.54) is 16.9 Å². The van der Waals surface area contributed by atoms with E-state index >= 15 is 0 Å². The van der Waals surface area contributed by atoms with E-state index in [2.05, 4.69) is 15.4 Å². The van der Waals surface area contributed by atoms with Crippen LogP contribution in [0.4, 0.5) is 0 Å². The van der Waals surface area contributed by atoms with Gasteiger partial charge in [-0.15, -0.1) is 0 Å². The molecule has 0 spiro atoms. The maximum absolute atomic E-state index is 12.2. The highest BCUT2D eigenvalue weighted by Gasteiger charge is 2.26. The molecule has 0 aliphatic heterocycles. The fraction of sp³-hybridized carbons (Fsp3) is 0.385. The fourth-order valence-corrected chi connectivity index (χ4v) is 1.91. The van der Waals surface area contributed by atoms with Crippen LogP contribution in [-0.4, -0.2) is 37.6 Å². The minimum atomic E-state index is -1.04. The minimum absolute atomic E-state index is 0.156. The van der Waals surface area contributed by atoms with Crippen molar-refractivity contribution >= 4 is 17.4 Å². The summed E-state index contributed by atoms with van der Waals surface area (Å²) in [5, 5.41) is 15.8. The lowest BCUT2D eigenvalue weighted by molar-refractivity contribution is -0.140. The van der Waals surface area contributed by atoms with Crippen LogP contribution >= 0.6 is 0 Å². The molecule has 2 heterocycles. The van der Waals surface area contributed by atoms with Gasteiger partial charge in [0.15, 0.2) is 0 Å². The van der Waals surface area contributed by atoms with Crippen molar-refractivity contribution in [3.8, 4) is 0 Å². The number of carbonyl (C=O) groups excluding carboxylic acids is 1. The molecule has 1 amide bonds. The van der Waals surface area contributed by atoms with Crippen molar-refractivity contribution in [1.82, 2.24) is 19.9 Å². The number of hydrogen-bond acceptors (Lipinski definition) is 4. The molecule has 2 aromatic rings. The molecule has 0 fully saturated rings. The zero-order chi connectivity index (χ0) is 14.7. The van der Waals surface area contributed by atoms with Crippen LogP contribution in [0.15, 0.2) is 24.8 Å². The van der Waals surface area contributed by atoms with Crippen LogP contribution in [0.5, 0.6) is 0 Å². The van der Waals surface area contributed by atoms with Gasteiger partial charge in [0.1, 0.15) is 6.04 Å². The molecule has 0 bridgehead atoms. The van der Waals surface area contributed by atoms with Crippen LogP contribution in [0, 0.1) is 5.92 Å². The fourth-order valence-electron chi connectivity index (χ4n) is 1.91. The first-order chi connectivity index (χ1) is 9.54. The first kappa shape index (κ1) is 14.0. The van der Waals surface area contributed by atoms with E-state index in [0.29, 0.717) is 17.5 Å². The van der Waals surface area contributed by atoms with Gasteiger partial charge in [-0.05, 0) is 5.92 Å². The number of amides is 1. The van der Waals surface area contributed by atoms with Crippen LogP contribution < -0.4 is 5.32 Å². The number of nitrogens with one attached hydrogen (secondary N) is 1. The molecule has 2 atom stereocenters. The second kappa shape index (κ2) is 5.68. The summed E-state index contributed by atoms with van der Waals surface area (Å²) in [6.07, 6.45) is 6.76. The minimum Gasteiger partial charge on any atom is -0.480 e. The Morgan fingerprint density at radius 2 is 2.20 bits per heavy atom. The summed E-state index contributed by atoms with van der Waals surface area (Å²) in [6.45, 7) is 3.67. The number of carboxylic acid groups (broad SMARTS) is 1. The van der Waals surface area contributed by atoms with E-state index in [1.54, 1.807) is 19.3 Å². The average Bonchev–Trinajstić information content (AvgIpc) is 2.87. The first-order valence-corrected chi connectivity index (χ1v) is 6.35. The van der Waals surface area contributed by atoms with Gasteiger partial charge in [0, 0.05) is 12.4 Å². The Kier molecular flexibility index (Phi) is 3.97. The highest BCUT2D eigenvalue weighted by Crippen LogP contribution is 2.12. The summed E-state index contributed by atoms with van der Waals surface area (Å²) >= 11 is 0. The third-order valence-corrected chi connectivity index (χ3v) is 3.34. The van der Waals surface area contributed by atoms with E-state index in [0.717, 1.165) is 0 Å². The van der Waals surface area contributed by atoms with Crippen molar-refractivity contribution in [3.05, 3.63) is 30.4 Å². The lowest BCUT2D eigenvalue weighted by atomic mass is 9.99. The summed E-state index contributed by atoms with van der Waals surface area (Å²) in [5.74, 6) is -1.65. The van der Waals surface area contributed by atoms with Crippen molar-refractivity contribution < 1.29 is 14.7 Å². The highest BCUT2D eigenvalue weighted by molar-refractivity contribution is 6.02. The second-order valence-corrected chi connectivity index (χ2v) is 4.64. The molecule has 0 radical (unpaired) electrons. The Balaban J connectivity index is 2.25. The predicted octanol–water partition coefficient (Wildman–Crippen LogP) is 0.958. The quantitative estimate of drug-likeness (QED) is 0.847. The molecule has 7 nitrogen and oxygen atoms in total. The Hall–Kier alpha value is -2.44. The molecule has 0 aliphatic rings. The normalized spacial score (nSPS) is 13.9. The topological polar surface area (TPSA) is 96.6 Å². The Labute approximate surface area is 115 Å². The number of carboxylic acids is 1. The maximum atomic E-state index is 12.2. The van der Waals surface area contributed by atoms with E-state index in [-0.39, 0.29) is 5.92 Å². The van der Waals surface area contributed by atoms with Crippen molar-refractivity contribution in [3.63, 3.8) is 0 Å². The molecule has 7 heteroatoms. The number of nitrogens with zero attached hydrogens (tertiary/aromatic N) is 3. The average molecular weight is 276 g/mol. The van der Waals surface area contributed by atoms with Gasteiger partial charge in [0.25, 0.3) is 5.91 Å². The monoisotopic (exact) mass is 276 g/mol. The van der Waals surface area contributed by atoms with Crippen LogP contribution in [0.2, 0.25) is 0 Å². The zero-order valence-corrected chi connectivity index (χ0v) is 11.3. The van der Waals surface area contributed by atoms with Crippen LogP contribution in [0.1, 0.15) is 30.6 Å². The molecular formula is C13H16N4O3. The Morgan fingerprint density at radius 3 is 2.85 bits per heavy atom. The summed E-state index contributed by atoms with van der Waals surface area (Å²) < 4.78 is 1.51. The number of carbonyl (C=O) groups is 2. The molecule has 2 rings (SSSR count). The number of aliphatic carboxylic acids is 1. The van der Waals surface area contributed by atoms with Gasteiger partial charge in [-0.1, -0.05) is 20.3 Å². The van der Waals surface area contributed by atoms with Gasteiger partial charge in [-0.3, -0.25) is 9.78 Å². The first-order valence-electron chi connectivity index (χ1n) is 6.35. The highest BCUT2D eigenvalue weighted by atomic mass is 16.4. The molecule has 0 saturated heterocycles. The third kappa shape index (κ3) is 2.61. The number of fused-ring (bicyclic) bond motifs is 1. The summed E-state index contributed by atoms with van der Waals surface area (Å²) in [6, 6.07) is -0.917. The molecule has 20 heavy (non-hydrogen) atoms. The van der Waals surface area contributed by atoms with Gasteiger partial charge in [0.05, 0.1) is 23.5 Å². The number of aromatic nitrogens is 3. The molecule has 2 N–H and O–H groups in total. The molecule has 0 saturated carbocycles. The van der Waals surface area contributed by atoms with Gasteiger partial charge in [0.2, 0.25) is 0 Å². The van der Waals surface area contributed by atoms with Gasteiger partial charge < -0.3 is 10.4 Å². The number of hydrogen-bond donors (Lipinski definition) is 2. The molecule has 0 aliphatic carbocycles. The summed E-state index contributed by atoms with van der Waals surface area (Å²) in [4.78, 5) is 27.4. The van der Waals surface area contributed by atoms with Crippen molar-refractivity contribution in [2.24, 2.45) is 5.92 Å². The SMILES string of the molecule is CC[C@H](C)[C@H](NC(=O)c1cnn2ccncc12)C(=O)O. The smallest absolute Gasteiger partial charge is 0.326 e. The van der Waals surface area contributed by atoms with Gasteiger partial charge in [-0.2, -0.15) is 5.10 Å². The Morgan fingerprint density at radius 1 is 1.45 bits per heavy atom. The van der Waals surface area contributed by atoms with Crippen LogP contribution in [-0.2, 0) is 4.79 Å². The summed E-state index contributed by atoms with van der Waals surface area (Å²) in [7, 11) is 0. The lowest BCUT2D eigenvalue weighted by Gasteiger charge is -2.19. The zero-order valence-electron chi connectivity index (χ0n) is 11.3. The largest absolute Gasteiger partial charge is 0.480 e. The lowest BCUT2D eigenvalue weighted by Crippen LogP contribution is -2.45. The maximum Gasteiger partial charge on any atom is 0.326 e. The summed E-state index contributed by atoms with van der Waals surface area (Å²) in [5.41, 5.74) is 0.853. The van der Waals surface area contributed by atoms with Crippen molar-refractivity contribution in [2.45, 2.75) is 26.3 Å². The van der Waals surface area contributed by atoms with E-state index in [9.17, 15) is 14.7 Å². The molecule has 0 aromatic carbocycles. The molecular weight excluding hydrogens is 260 g/mol. The second-order valence-electron chi connectivity index (χ2n) is 4.64. The number of rotatable bonds is 5. The van der Waals surface area contributed by atoms with E-state index in [4.69, 9.17) is 0 Å². The van der Waals surface area contributed by atoms with Crippen molar-refractivity contribution in [1.29, 1.82) is 0 Å². The van der Waals surface area contributed by atoms with E-state index in [1.807, 2.05) is 6.92 Å².